The molecule has 1 aliphatic heterocycles. The number of rotatable bonds is 1. The first-order valence-corrected chi connectivity index (χ1v) is 6.37. The summed E-state index contributed by atoms with van der Waals surface area (Å²) in [5.74, 6) is -0.0572. The number of carbonyl (C=O) groups is 1. The number of halogens is 1. The van der Waals surface area contributed by atoms with Crippen LogP contribution in [0.2, 0.25) is 4.47 Å². The highest BCUT2D eigenvalue weighted by atomic mass is 35.5. The number of aromatic nitrogens is 1. The molecule has 0 radical (unpaired) electrons. The molecule has 1 saturated heterocycles. The van der Waals surface area contributed by atoms with Gasteiger partial charge in [0.1, 0.15) is 0 Å². The number of amides is 1. The van der Waals surface area contributed by atoms with Gasteiger partial charge in [0.2, 0.25) is 5.91 Å². The number of hydrogen-bond donors (Lipinski definition) is 1. The summed E-state index contributed by atoms with van der Waals surface area (Å²) in [5.41, 5.74) is 1.55. The first-order valence-electron chi connectivity index (χ1n) is 5.18. The fourth-order valence-corrected chi connectivity index (χ4v) is 3.00. The summed E-state index contributed by atoms with van der Waals surface area (Å²) >= 11 is 7.24. The zero-order valence-electron chi connectivity index (χ0n) is 8.76. The predicted octanol–water partition coefficient (Wildman–Crippen LogP) is 2.05. The zero-order chi connectivity index (χ0) is 12.0. The molecule has 2 aromatic rings. The van der Waals surface area contributed by atoms with Gasteiger partial charge >= 0.3 is 0 Å². The third-order valence-corrected chi connectivity index (χ3v) is 3.90. The average molecular weight is 269 g/mol. The number of anilines is 1. The first kappa shape index (κ1) is 11.0. The van der Waals surface area contributed by atoms with Gasteiger partial charge < -0.3 is 10.0 Å². The molecule has 0 aliphatic carbocycles. The van der Waals surface area contributed by atoms with Crippen LogP contribution in [-0.2, 0) is 4.79 Å². The van der Waals surface area contributed by atoms with Crippen LogP contribution in [0.5, 0.6) is 0 Å². The van der Waals surface area contributed by atoms with E-state index in [1.165, 1.54) is 11.3 Å². The van der Waals surface area contributed by atoms with Gasteiger partial charge in [-0.25, -0.2) is 4.98 Å². The van der Waals surface area contributed by atoms with Gasteiger partial charge in [0.05, 0.1) is 29.3 Å². The lowest BCUT2D eigenvalue weighted by Gasteiger charge is -2.15. The highest BCUT2D eigenvalue weighted by Crippen LogP contribution is 2.30. The van der Waals surface area contributed by atoms with Crippen molar-refractivity contribution < 1.29 is 9.90 Å². The van der Waals surface area contributed by atoms with E-state index in [0.717, 1.165) is 15.9 Å². The Morgan fingerprint density at radius 1 is 1.53 bits per heavy atom. The second kappa shape index (κ2) is 3.94. The fraction of sp³-hybridized carbons (Fsp3) is 0.273. The fourth-order valence-electron chi connectivity index (χ4n) is 1.99. The van der Waals surface area contributed by atoms with Crippen molar-refractivity contribution in [3.05, 3.63) is 22.7 Å². The molecule has 1 unspecified atom stereocenters. The van der Waals surface area contributed by atoms with Gasteiger partial charge in [-0.2, -0.15) is 0 Å². The molecule has 4 nitrogen and oxygen atoms in total. The quantitative estimate of drug-likeness (QED) is 0.861. The zero-order valence-corrected chi connectivity index (χ0v) is 10.3. The molecule has 1 amide bonds. The molecule has 3 rings (SSSR count). The van der Waals surface area contributed by atoms with Crippen molar-refractivity contribution in [2.45, 2.75) is 12.5 Å². The van der Waals surface area contributed by atoms with Gasteiger partial charge in [0, 0.05) is 5.69 Å². The number of hydrogen-bond acceptors (Lipinski definition) is 4. The summed E-state index contributed by atoms with van der Waals surface area (Å²) in [4.78, 5) is 17.4. The number of carbonyl (C=O) groups excluding carboxylic acids is 1. The van der Waals surface area contributed by atoms with Crippen molar-refractivity contribution in [1.82, 2.24) is 4.98 Å². The Labute approximate surface area is 106 Å². The van der Waals surface area contributed by atoms with Crippen LogP contribution in [-0.4, -0.2) is 28.6 Å². The van der Waals surface area contributed by atoms with Gasteiger partial charge in [-0.05, 0) is 18.2 Å². The Kier molecular flexibility index (Phi) is 2.54. The topological polar surface area (TPSA) is 53.4 Å². The second-order valence-corrected chi connectivity index (χ2v) is 5.59. The highest BCUT2D eigenvalue weighted by molar-refractivity contribution is 7.22. The lowest BCUT2D eigenvalue weighted by Crippen LogP contribution is -2.25. The first-order chi connectivity index (χ1) is 8.13. The van der Waals surface area contributed by atoms with Gasteiger partial charge in [0.25, 0.3) is 0 Å². The molecular formula is C11H9ClN2O2S. The van der Waals surface area contributed by atoms with Crippen molar-refractivity contribution >= 4 is 44.7 Å². The molecule has 0 saturated carbocycles. The van der Waals surface area contributed by atoms with Gasteiger partial charge in [-0.1, -0.05) is 11.6 Å². The van der Waals surface area contributed by atoms with Crippen LogP contribution in [0, 0.1) is 0 Å². The summed E-state index contributed by atoms with van der Waals surface area (Å²) in [6, 6.07) is 5.58. The number of β-amino-alcohol motifs (C(OH)–C–C–N with tert-alkyl or cyclic N) is 1. The van der Waals surface area contributed by atoms with Crippen LogP contribution in [0.25, 0.3) is 10.2 Å². The van der Waals surface area contributed by atoms with Crippen LogP contribution in [0.15, 0.2) is 18.2 Å². The van der Waals surface area contributed by atoms with Crippen LogP contribution in [0.3, 0.4) is 0 Å². The summed E-state index contributed by atoms with van der Waals surface area (Å²) in [6.45, 7) is 0.349. The van der Waals surface area contributed by atoms with E-state index in [9.17, 15) is 9.90 Å². The molecular weight excluding hydrogens is 260 g/mol. The minimum atomic E-state index is -0.572. The molecule has 1 aromatic heterocycles. The Bertz CT molecular complexity index is 598. The molecule has 1 atom stereocenters. The summed E-state index contributed by atoms with van der Waals surface area (Å²) < 4.78 is 1.48. The maximum absolute atomic E-state index is 11.6. The number of thiazole rings is 1. The maximum atomic E-state index is 11.6. The molecule has 1 fully saturated rings. The van der Waals surface area contributed by atoms with Crippen molar-refractivity contribution in [2.24, 2.45) is 0 Å². The Balaban J connectivity index is 2.03. The minimum absolute atomic E-state index is 0.0572. The number of nitrogens with zero attached hydrogens (tertiary/aromatic N) is 2. The standard InChI is InChI=1S/C11H9ClN2O2S/c12-11-13-8-3-6(1-2-9(8)17-11)14-5-7(15)4-10(14)16/h1-3,7,15H,4-5H2. The minimum Gasteiger partial charge on any atom is -0.391 e. The lowest BCUT2D eigenvalue weighted by molar-refractivity contribution is -0.117. The molecule has 0 bridgehead atoms. The monoisotopic (exact) mass is 268 g/mol. The van der Waals surface area contributed by atoms with Crippen LogP contribution < -0.4 is 4.90 Å². The van der Waals surface area contributed by atoms with Crippen molar-refractivity contribution in [3.8, 4) is 0 Å². The van der Waals surface area contributed by atoms with E-state index in [-0.39, 0.29) is 12.3 Å². The third-order valence-electron chi connectivity index (χ3n) is 2.76. The van der Waals surface area contributed by atoms with E-state index in [1.54, 1.807) is 4.90 Å². The Morgan fingerprint density at radius 2 is 2.35 bits per heavy atom. The smallest absolute Gasteiger partial charge is 0.229 e. The van der Waals surface area contributed by atoms with Crippen molar-refractivity contribution in [3.63, 3.8) is 0 Å². The third kappa shape index (κ3) is 1.90. The van der Waals surface area contributed by atoms with E-state index in [1.807, 2.05) is 18.2 Å². The summed E-state index contributed by atoms with van der Waals surface area (Å²) in [6.07, 6.45) is -0.382. The summed E-state index contributed by atoms with van der Waals surface area (Å²) in [5, 5.41) is 9.45. The molecule has 2 heterocycles. The Morgan fingerprint density at radius 3 is 3.06 bits per heavy atom. The lowest BCUT2D eigenvalue weighted by atomic mass is 10.3. The SMILES string of the molecule is O=C1CC(O)CN1c1ccc2sc(Cl)nc2c1. The van der Waals surface area contributed by atoms with E-state index in [4.69, 9.17) is 11.6 Å². The van der Waals surface area contributed by atoms with Gasteiger partial charge in [0.15, 0.2) is 4.47 Å². The molecule has 88 valence electrons. The van der Waals surface area contributed by atoms with Gasteiger partial charge in [-0.3, -0.25) is 4.79 Å². The number of fused-ring (bicyclic) bond motifs is 1. The molecule has 0 spiro atoms. The molecule has 1 aliphatic rings. The molecule has 1 aromatic carbocycles. The number of aliphatic hydroxyl groups is 1. The van der Waals surface area contributed by atoms with Crippen molar-refractivity contribution in [2.75, 3.05) is 11.4 Å². The van der Waals surface area contributed by atoms with Gasteiger partial charge in [-0.15, -0.1) is 11.3 Å². The van der Waals surface area contributed by atoms with E-state index in [2.05, 4.69) is 4.98 Å². The maximum Gasteiger partial charge on any atom is 0.229 e. The van der Waals surface area contributed by atoms with E-state index < -0.39 is 6.10 Å². The number of aliphatic hydroxyl groups excluding tert-OH is 1. The molecule has 1 N–H and O–H groups in total. The predicted molar refractivity (Wildman–Crippen MR) is 67.6 cm³/mol. The largest absolute Gasteiger partial charge is 0.391 e. The normalized spacial score (nSPS) is 20.5. The van der Waals surface area contributed by atoms with E-state index in [0.29, 0.717) is 11.0 Å². The highest BCUT2D eigenvalue weighted by Gasteiger charge is 2.29. The number of benzene rings is 1. The van der Waals surface area contributed by atoms with E-state index >= 15 is 0 Å². The second-order valence-electron chi connectivity index (χ2n) is 3.98. The van der Waals surface area contributed by atoms with Crippen LogP contribution in [0.4, 0.5) is 5.69 Å². The average Bonchev–Trinajstić information content (AvgIpc) is 2.78. The van der Waals surface area contributed by atoms with Crippen LogP contribution in [0.1, 0.15) is 6.42 Å². The van der Waals surface area contributed by atoms with Crippen molar-refractivity contribution in [1.29, 1.82) is 0 Å². The summed E-state index contributed by atoms with van der Waals surface area (Å²) in [7, 11) is 0. The molecule has 17 heavy (non-hydrogen) atoms. The van der Waals surface area contributed by atoms with Crippen LogP contribution >= 0.6 is 22.9 Å². The molecule has 6 heteroatoms. The Hall–Kier alpha value is -1.17.